The smallest absolute Gasteiger partial charge is 0.175 e. The van der Waals surface area contributed by atoms with Crippen LogP contribution in [0.2, 0.25) is 0 Å². The summed E-state index contributed by atoms with van der Waals surface area (Å²) in [5, 5.41) is 8.20. The Kier molecular flexibility index (Phi) is 4.85. The number of nitrogens with zero attached hydrogens (tertiary/aromatic N) is 2. The van der Waals surface area contributed by atoms with Crippen LogP contribution in [0, 0.1) is 0 Å². The molecule has 0 bridgehead atoms. The molecule has 0 amide bonds. The highest BCUT2D eigenvalue weighted by molar-refractivity contribution is 8.02. The highest BCUT2D eigenvalue weighted by Crippen LogP contribution is 2.29. The van der Waals surface area contributed by atoms with Crippen LogP contribution < -0.4 is 5.73 Å². The molecule has 0 saturated heterocycles. The fraction of sp³-hybridized carbons (Fsp3) is 0.273. The van der Waals surface area contributed by atoms with Crippen molar-refractivity contribution in [3.63, 3.8) is 0 Å². The number of rotatable bonds is 5. The predicted octanol–water partition coefficient (Wildman–Crippen LogP) is 3.01. The summed E-state index contributed by atoms with van der Waals surface area (Å²) in [6, 6.07) is 8.35. The highest BCUT2D eigenvalue weighted by atomic mass is 32.2. The average Bonchev–Trinajstić information content (AvgIpc) is 2.84. The number of nitrogens with two attached hydrogens (primary N) is 1. The van der Waals surface area contributed by atoms with Gasteiger partial charge in [-0.1, -0.05) is 59.1 Å². The molecule has 1 aromatic carbocycles. The molecule has 0 spiro atoms. The van der Waals surface area contributed by atoms with E-state index in [1.807, 2.05) is 18.4 Å². The second-order valence-corrected chi connectivity index (χ2v) is 6.60. The molecule has 0 fully saturated rings. The molecule has 90 valence electrons. The van der Waals surface area contributed by atoms with Crippen LogP contribution in [0.4, 0.5) is 0 Å². The maximum atomic E-state index is 5.62. The van der Waals surface area contributed by atoms with Gasteiger partial charge in [0.05, 0.1) is 0 Å². The first-order chi connectivity index (χ1) is 8.31. The summed E-state index contributed by atoms with van der Waals surface area (Å²) in [7, 11) is 0. The van der Waals surface area contributed by atoms with Crippen molar-refractivity contribution in [2.45, 2.75) is 21.0 Å². The van der Waals surface area contributed by atoms with Crippen LogP contribution in [0.1, 0.15) is 11.1 Å². The van der Waals surface area contributed by atoms with Crippen LogP contribution in [0.15, 0.2) is 32.9 Å². The molecule has 2 rings (SSSR count). The van der Waals surface area contributed by atoms with Gasteiger partial charge in [0.2, 0.25) is 0 Å². The Morgan fingerprint density at radius 2 is 2.00 bits per heavy atom. The first kappa shape index (κ1) is 12.9. The normalized spacial score (nSPS) is 10.7. The zero-order valence-corrected chi connectivity index (χ0v) is 11.9. The summed E-state index contributed by atoms with van der Waals surface area (Å²) in [4.78, 5) is 0. The molecule has 3 nitrogen and oxygen atoms in total. The molecular weight excluding hydrogens is 270 g/mol. The van der Waals surface area contributed by atoms with Crippen LogP contribution in [-0.2, 0) is 12.3 Å². The van der Waals surface area contributed by atoms with Crippen molar-refractivity contribution >= 4 is 34.9 Å². The van der Waals surface area contributed by atoms with Crippen molar-refractivity contribution in [3.05, 3.63) is 35.4 Å². The Morgan fingerprint density at radius 1 is 1.24 bits per heavy atom. The molecular formula is C11H13N3S3. The van der Waals surface area contributed by atoms with E-state index < -0.39 is 0 Å². The molecule has 0 aliphatic carbocycles. The van der Waals surface area contributed by atoms with Gasteiger partial charge in [0.15, 0.2) is 8.68 Å². The molecule has 17 heavy (non-hydrogen) atoms. The minimum atomic E-state index is 0.591. The van der Waals surface area contributed by atoms with Crippen molar-refractivity contribution in [1.29, 1.82) is 0 Å². The van der Waals surface area contributed by atoms with Crippen LogP contribution in [-0.4, -0.2) is 16.5 Å². The van der Waals surface area contributed by atoms with E-state index in [1.54, 1.807) is 34.9 Å². The summed E-state index contributed by atoms with van der Waals surface area (Å²) < 4.78 is 2.04. The van der Waals surface area contributed by atoms with E-state index in [0.29, 0.717) is 6.54 Å². The van der Waals surface area contributed by atoms with Crippen LogP contribution in [0.25, 0.3) is 0 Å². The van der Waals surface area contributed by atoms with Gasteiger partial charge >= 0.3 is 0 Å². The van der Waals surface area contributed by atoms with E-state index >= 15 is 0 Å². The summed E-state index contributed by atoms with van der Waals surface area (Å²) in [6.07, 6.45) is 2.01. The molecule has 6 heteroatoms. The quantitative estimate of drug-likeness (QED) is 0.855. The van der Waals surface area contributed by atoms with Gasteiger partial charge in [0.25, 0.3) is 0 Å². The SMILES string of the molecule is CSc1nnc(SCc2cccc(CN)c2)s1. The standard InChI is InChI=1S/C11H13N3S3/c1-15-10-13-14-11(17-10)16-7-9-4-2-3-8(5-9)6-12/h2-5H,6-7,12H2,1H3. The molecule has 2 aromatic rings. The number of benzene rings is 1. The highest BCUT2D eigenvalue weighted by Gasteiger charge is 2.04. The van der Waals surface area contributed by atoms with Crippen molar-refractivity contribution < 1.29 is 0 Å². The summed E-state index contributed by atoms with van der Waals surface area (Å²) in [5.41, 5.74) is 8.07. The van der Waals surface area contributed by atoms with Crippen LogP contribution >= 0.6 is 34.9 Å². The zero-order valence-electron chi connectivity index (χ0n) is 9.42. The van der Waals surface area contributed by atoms with Gasteiger partial charge in [-0.05, 0) is 17.4 Å². The molecule has 0 aliphatic heterocycles. The lowest BCUT2D eigenvalue weighted by molar-refractivity contribution is 0.955. The van der Waals surface area contributed by atoms with Crippen molar-refractivity contribution in [1.82, 2.24) is 10.2 Å². The Balaban J connectivity index is 1.96. The molecule has 0 atom stereocenters. The minimum Gasteiger partial charge on any atom is -0.326 e. The number of thioether (sulfide) groups is 2. The molecule has 1 heterocycles. The Morgan fingerprint density at radius 3 is 2.71 bits per heavy atom. The van der Waals surface area contributed by atoms with Gasteiger partial charge in [-0.25, -0.2) is 0 Å². The van der Waals surface area contributed by atoms with Crippen molar-refractivity contribution in [2.75, 3.05) is 6.26 Å². The molecule has 0 unspecified atom stereocenters. The number of aromatic nitrogens is 2. The van der Waals surface area contributed by atoms with Crippen molar-refractivity contribution in [3.8, 4) is 0 Å². The Hall–Kier alpha value is -0.560. The lowest BCUT2D eigenvalue weighted by Gasteiger charge is -2.01. The van der Waals surface area contributed by atoms with Gasteiger partial charge in [-0.2, -0.15) is 0 Å². The van der Waals surface area contributed by atoms with Gasteiger partial charge in [0.1, 0.15) is 0 Å². The van der Waals surface area contributed by atoms with E-state index in [1.165, 1.54) is 11.1 Å². The lowest BCUT2D eigenvalue weighted by atomic mass is 10.1. The monoisotopic (exact) mass is 283 g/mol. The number of hydrogen-bond donors (Lipinski definition) is 1. The summed E-state index contributed by atoms with van der Waals surface area (Å²) in [5.74, 6) is 0.914. The van der Waals surface area contributed by atoms with Crippen LogP contribution in [0.3, 0.4) is 0 Å². The number of hydrogen-bond acceptors (Lipinski definition) is 6. The lowest BCUT2D eigenvalue weighted by Crippen LogP contribution is -1.96. The summed E-state index contributed by atoms with van der Waals surface area (Å²) in [6.45, 7) is 0.591. The molecule has 0 aliphatic rings. The topological polar surface area (TPSA) is 51.8 Å². The van der Waals surface area contributed by atoms with Gasteiger partial charge in [-0.3, -0.25) is 0 Å². The first-order valence-electron chi connectivity index (χ1n) is 5.10. The first-order valence-corrected chi connectivity index (χ1v) is 8.12. The Bertz CT molecular complexity index is 484. The molecule has 0 radical (unpaired) electrons. The fourth-order valence-corrected chi connectivity index (χ4v) is 3.71. The van der Waals surface area contributed by atoms with Crippen molar-refractivity contribution in [2.24, 2.45) is 5.73 Å². The fourth-order valence-electron chi connectivity index (χ4n) is 1.33. The van der Waals surface area contributed by atoms with E-state index in [9.17, 15) is 0 Å². The van der Waals surface area contributed by atoms with E-state index in [-0.39, 0.29) is 0 Å². The van der Waals surface area contributed by atoms with Gasteiger partial charge < -0.3 is 5.73 Å². The van der Waals surface area contributed by atoms with Crippen LogP contribution in [0.5, 0.6) is 0 Å². The van der Waals surface area contributed by atoms with Gasteiger partial charge in [0, 0.05) is 12.3 Å². The second-order valence-electron chi connectivity index (χ2n) is 3.35. The second kappa shape index (κ2) is 6.39. The molecule has 1 aromatic heterocycles. The predicted molar refractivity (Wildman–Crippen MR) is 75.6 cm³/mol. The third-order valence-corrected chi connectivity index (χ3v) is 5.26. The average molecular weight is 283 g/mol. The maximum Gasteiger partial charge on any atom is 0.175 e. The summed E-state index contributed by atoms with van der Waals surface area (Å²) >= 11 is 4.99. The molecule has 0 saturated carbocycles. The largest absolute Gasteiger partial charge is 0.326 e. The minimum absolute atomic E-state index is 0.591. The molecule has 2 N–H and O–H groups in total. The third-order valence-electron chi connectivity index (χ3n) is 2.15. The van der Waals surface area contributed by atoms with E-state index in [0.717, 1.165) is 14.4 Å². The van der Waals surface area contributed by atoms with E-state index in [2.05, 4.69) is 22.3 Å². The maximum absolute atomic E-state index is 5.62. The van der Waals surface area contributed by atoms with Gasteiger partial charge in [-0.15, -0.1) is 10.2 Å². The zero-order chi connectivity index (χ0) is 12.1. The van der Waals surface area contributed by atoms with E-state index in [4.69, 9.17) is 5.73 Å². The Labute approximate surface area is 113 Å². The third kappa shape index (κ3) is 3.70.